The summed E-state index contributed by atoms with van der Waals surface area (Å²) in [6.45, 7) is 1.97. The summed E-state index contributed by atoms with van der Waals surface area (Å²) in [5, 5.41) is 13.0. The van der Waals surface area contributed by atoms with Crippen LogP contribution in [0, 0.1) is 0 Å². The summed E-state index contributed by atoms with van der Waals surface area (Å²) in [6.07, 6.45) is 0. The highest BCUT2D eigenvalue weighted by atomic mass is 35.5. The minimum atomic E-state index is -0.990. The molecule has 0 radical (unpaired) electrons. The number of amides is 1. The van der Waals surface area contributed by atoms with Crippen LogP contribution in [-0.2, 0) is 6.61 Å². The third-order valence-electron chi connectivity index (χ3n) is 4.14. The number of halogens is 2. The number of thiophene rings is 1. The van der Waals surface area contributed by atoms with Gasteiger partial charge in [-0.05, 0) is 55.5 Å². The molecule has 1 atom stereocenters. The van der Waals surface area contributed by atoms with E-state index in [2.05, 4.69) is 5.32 Å². The molecule has 1 heterocycles. The number of hydrogen-bond donors (Lipinski definition) is 2. The van der Waals surface area contributed by atoms with Crippen molar-refractivity contribution >= 4 is 46.4 Å². The molecule has 0 saturated heterocycles. The van der Waals surface area contributed by atoms with Gasteiger partial charge in [-0.15, -0.1) is 11.3 Å². The standard InChI is InChI=1S/C21H17Cl2NO4S/c1-12(18-8-9-19(29-18)21(26)27)24-20(25)17-10-15(23)3-2-13(17)11-28-16-6-4-14(22)5-7-16/h2-10,12H,11H2,1H3,(H,24,25)(H,26,27). The van der Waals surface area contributed by atoms with Gasteiger partial charge in [-0.25, -0.2) is 4.79 Å². The maximum atomic E-state index is 12.8. The van der Waals surface area contributed by atoms with Crippen LogP contribution in [0.3, 0.4) is 0 Å². The topological polar surface area (TPSA) is 75.6 Å². The van der Waals surface area contributed by atoms with Crippen LogP contribution in [-0.4, -0.2) is 17.0 Å². The summed E-state index contributed by atoms with van der Waals surface area (Å²) in [5.74, 6) is -0.680. The maximum absolute atomic E-state index is 12.8. The van der Waals surface area contributed by atoms with E-state index in [0.29, 0.717) is 26.9 Å². The summed E-state index contributed by atoms with van der Waals surface area (Å²) in [7, 11) is 0. The Labute approximate surface area is 181 Å². The number of carbonyl (C=O) groups is 2. The highest BCUT2D eigenvalue weighted by Gasteiger charge is 2.18. The lowest BCUT2D eigenvalue weighted by molar-refractivity contribution is 0.0702. The zero-order valence-corrected chi connectivity index (χ0v) is 17.6. The molecule has 29 heavy (non-hydrogen) atoms. The van der Waals surface area contributed by atoms with Crippen LogP contribution in [0.4, 0.5) is 0 Å². The Morgan fingerprint density at radius 1 is 1.07 bits per heavy atom. The average molecular weight is 450 g/mol. The van der Waals surface area contributed by atoms with Crippen LogP contribution in [0.25, 0.3) is 0 Å². The van der Waals surface area contributed by atoms with Gasteiger partial charge in [0.1, 0.15) is 17.2 Å². The summed E-state index contributed by atoms with van der Waals surface area (Å²) in [4.78, 5) is 24.9. The van der Waals surface area contributed by atoms with Crippen molar-refractivity contribution < 1.29 is 19.4 Å². The molecular formula is C21H17Cl2NO4S. The Balaban J connectivity index is 1.74. The third kappa shape index (κ3) is 5.50. The van der Waals surface area contributed by atoms with E-state index in [1.165, 1.54) is 6.07 Å². The number of benzene rings is 2. The molecule has 3 rings (SSSR count). The molecule has 0 spiro atoms. The zero-order chi connectivity index (χ0) is 21.0. The lowest BCUT2D eigenvalue weighted by Gasteiger charge is -2.15. The molecule has 150 valence electrons. The number of aromatic carboxylic acids is 1. The summed E-state index contributed by atoms with van der Waals surface area (Å²) in [5.41, 5.74) is 1.07. The van der Waals surface area contributed by atoms with Gasteiger partial charge in [0, 0.05) is 26.0 Å². The van der Waals surface area contributed by atoms with Crippen molar-refractivity contribution in [1.29, 1.82) is 0 Å². The van der Waals surface area contributed by atoms with Gasteiger partial charge < -0.3 is 15.2 Å². The molecule has 0 saturated carbocycles. The molecule has 2 aromatic carbocycles. The number of carbonyl (C=O) groups excluding carboxylic acids is 1. The van der Waals surface area contributed by atoms with E-state index in [1.54, 1.807) is 55.5 Å². The van der Waals surface area contributed by atoms with Gasteiger partial charge in [-0.2, -0.15) is 0 Å². The average Bonchev–Trinajstić information content (AvgIpc) is 3.19. The van der Waals surface area contributed by atoms with Gasteiger partial charge in [-0.1, -0.05) is 29.3 Å². The number of rotatable bonds is 7. The molecular weight excluding hydrogens is 433 g/mol. The van der Waals surface area contributed by atoms with Crippen molar-refractivity contribution in [2.75, 3.05) is 0 Å². The number of nitrogens with one attached hydrogen (secondary N) is 1. The molecule has 1 unspecified atom stereocenters. The lowest BCUT2D eigenvalue weighted by atomic mass is 10.1. The third-order valence-corrected chi connectivity index (χ3v) is 5.88. The Bertz CT molecular complexity index is 1030. The van der Waals surface area contributed by atoms with Crippen LogP contribution >= 0.6 is 34.5 Å². The predicted molar refractivity (Wildman–Crippen MR) is 114 cm³/mol. The summed E-state index contributed by atoms with van der Waals surface area (Å²) >= 11 is 13.1. The maximum Gasteiger partial charge on any atom is 0.345 e. The second-order valence-electron chi connectivity index (χ2n) is 6.25. The molecule has 0 aliphatic heterocycles. The molecule has 1 aromatic heterocycles. The molecule has 5 nitrogen and oxygen atoms in total. The van der Waals surface area contributed by atoms with E-state index in [0.717, 1.165) is 16.2 Å². The summed E-state index contributed by atoms with van der Waals surface area (Å²) in [6, 6.07) is 14.8. The van der Waals surface area contributed by atoms with Gasteiger partial charge in [0.25, 0.3) is 5.91 Å². The Morgan fingerprint density at radius 2 is 1.76 bits per heavy atom. The van der Waals surface area contributed by atoms with Crippen LogP contribution in [0.1, 0.15) is 43.4 Å². The van der Waals surface area contributed by atoms with Crippen LogP contribution in [0.5, 0.6) is 5.75 Å². The van der Waals surface area contributed by atoms with Gasteiger partial charge in [0.2, 0.25) is 0 Å². The van der Waals surface area contributed by atoms with E-state index < -0.39 is 5.97 Å². The SMILES string of the molecule is CC(NC(=O)c1cc(Cl)ccc1COc1ccc(Cl)cc1)c1ccc(C(=O)O)s1. The van der Waals surface area contributed by atoms with Crippen molar-refractivity contribution in [3.8, 4) is 5.75 Å². The fraction of sp³-hybridized carbons (Fsp3) is 0.143. The normalized spacial score (nSPS) is 11.7. The quantitative estimate of drug-likeness (QED) is 0.476. The van der Waals surface area contributed by atoms with E-state index in [-0.39, 0.29) is 23.4 Å². The van der Waals surface area contributed by atoms with E-state index in [1.807, 2.05) is 0 Å². The molecule has 1 amide bonds. The van der Waals surface area contributed by atoms with Crippen molar-refractivity contribution in [1.82, 2.24) is 5.32 Å². The largest absolute Gasteiger partial charge is 0.489 e. The molecule has 0 aliphatic rings. The summed E-state index contributed by atoms with van der Waals surface area (Å²) < 4.78 is 5.75. The van der Waals surface area contributed by atoms with E-state index in [4.69, 9.17) is 33.0 Å². The molecule has 0 fully saturated rings. The molecule has 0 aliphatic carbocycles. The first-order valence-electron chi connectivity index (χ1n) is 8.64. The highest BCUT2D eigenvalue weighted by Crippen LogP contribution is 2.25. The van der Waals surface area contributed by atoms with Crippen LogP contribution in [0.2, 0.25) is 10.0 Å². The van der Waals surface area contributed by atoms with Gasteiger partial charge in [0.05, 0.1) is 6.04 Å². The Hall–Kier alpha value is -2.54. The molecule has 8 heteroatoms. The number of carboxylic acid groups (broad SMARTS) is 1. The lowest BCUT2D eigenvalue weighted by Crippen LogP contribution is -2.27. The minimum Gasteiger partial charge on any atom is -0.489 e. The van der Waals surface area contributed by atoms with Crippen molar-refractivity contribution in [3.63, 3.8) is 0 Å². The minimum absolute atomic E-state index is 0.179. The Morgan fingerprint density at radius 3 is 2.41 bits per heavy atom. The van der Waals surface area contributed by atoms with E-state index >= 15 is 0 Å². The first kappa shape index (κ1) is 21.2. The second kappa shape index (κ2) is 9.31. The van der Waals surface area contributed by atoms with Gasteiger partial charge in [0.15, 0.2) is 0 Å². The van der Waals surface area contributed by atoms with E-state index in [9.17, 15) is 9.59 Å². The number of ether oxygens (including phenoxy) is 1. The van der Waals surface area contributed by atoms with Crippen molar-refractivity contribution in [2.45, 2.75) is 19.6 Å². The monoisotopic (exact) mass is 449 g/mol. The predicted octanol–water partition coefficient (Wildman–Crippen LogP) is 5.82. The zero-order valence-electron chi connectivity index (χ0n) is 15.3. The first-order chi connectivity index (χ1) is 13.8. The molecule has 0 bridgehead atoms. The molecule has 3 aromatic rings. The first-order valence-corrected chi connectivity index (χ1v) is 10.2. The molecule has 2 N–H and O–H groups in total. The smallest absolute Gasteiger partial charge is 0.345 e. The Kier molecular flexibility index (Phi) is 6.79. The van der Waals surface area contributed by atoms with Crippen LogP contribution < -0.4 is 10.1 Å². The van der Waals surface area contributed by atoms with Crippen LogP contribution in [0.15, 0.2) is 54.6 Å². The van der Waals surface area contributed by atoms with Gasteiger partial charge in [-0.3, -0.25) is 4.79 Å². The fourth-order valence-corrected chi connectivity index (χ4v) is 3.77. The van der Waals surface area contributed by atoms with Crippen molar-refractivity contribution in [3.05, 3.63) is 85.5 Å². The highest BCUT2D eigenvalue weighted by molar-refractivity contribution is 7.14. The number of carboxylic acids is 1. The van der Waals surface area contributed by atoms with Gasteiger partial charge >= 0.3 is 5.97 Å². The van der Waals surface area contributed by atoms with Crippen molar-refractivity contribution in [2.24, 2.45) is 0 Å². The fourth-order valence-electron chi connectivity index (χ4n) is 2.62. The number of hydrogen-bond acceptors (Lipinski definition) is 4. The second-order valence-corrected chi connectivity index (χ2v) is 8.23.